The summed E-state index contributed by atoms with van der Waals surface area (Å²) in [5.74, 6) is 1.02. The third-order valence-electron chi connectivity index (χ3n) is 4.46. The van der Waals surface area contributed by atoms with Gasteiger partial charge in [0.1, 0.15) is 17.6 Å². The van der Waals surface area contributed by atoms with Gasteiger partial charge in [-0.25, -0.2) is 4.98 Å². The first kappa shape index (κ1) is 18.2. The molecule has 1 aromatic carbocycles. The van der Waals surface area contributed by atoms with Crippen molar-refractivity contribution in [2.45, 2.75) is 25.9 Å². The van der Waals surface area contributed by atoms with Gasteiger partial charge in [0, 0.05) is 11.8 Å². The zero-order chi connectivity index (χ0) is 19.5. The molecule has 4 rings (SSSR count). The van der Waals surface area contributed by atoms with Crippen molar-refractivity contribution in [3.05, 3.63) is 64.6 Å². The lowest BCUT2D eigenvalue weighted by Crippen LogP contribution is -2.35. The lowest BCUT2D eigenvalue weighted by molar-refractivity contribution is -0.120. The number of fused-ring (bicyclic) bond motifs is 1. The molecule has 2 aromatic heterocycles. The highest BCUT2D eigenvalue weighted by molar-refractivity contribution is 7.14. The predicted molar refractivity (Wildman–Crippen MR) is 105 cm³/mol. The van der Waals surface area contributed by atoms with Gasteiger partial charge in [-0.15, -0.1) is 11.3 Å². The van der Waals surface area contributed by atoms with Crippen LogP contribution in [0.25, 0.3) is 0 Å². The normalized spacial score (nSPS) is 15.0. The van der Waals surface area contributed by atoms with Crippen LogP contribution in [0.2, 0.25) is 0 Å². The summed E-state index contributed by atoms with van der Waals surface area (Å²) in [5.41, 5.74) is 2.24. The Morgan fingerprint density at radius 1 is 1.29 bits per heavy atom. The number of thiazole rings is 1. The summed E-state index contributed by atoms with van der Waals surface area (Å²) < 4.78 is 10.9. The van der Waals surface area contributed by atoms with Crippen molar-refractivity contribution in [1.29, 1.82) is 0 Å². The second-order valence-electron chi connectivity index (χ2n) is 6.52. The summed E-state index contributed by atoms with van der Waals surface area (Å²) in [4.78, 5) is 28.7. The molecule has 1 aliphatic rings. The molecule has 1 unspecified atom stereocenters. The number of nitrogens with zero attached hydrogens (tertiary/aromatic N) is 1. The van der Waals surface area contributed by atoms with Crippen molar-refractivity contribution in [2.24, 2.45) is 0 Å². The van der Waals surface area contributed by atoms with Crippen LogP contribution < -0.4 is 15.4 Å². The summed E-state index contributed by atoms with van der Waals surface area (Å²) in [5, 5.41) is 7.82. The van der Waals surface area contributed by atoms with Gasteiger partial charge in [0.05, 0.1) is 30.5 Å². The summed E-state index contributed by atoms with van der Waals surface area (Å²) >= 11 is 1.28. The van der Waals surface area contributed by atoms with Crippen LogP contribution in [0.4, 0.5) is 5.13 Å². The fourth-order valence-corrected chi connectivity index (χ4v) is 3.76. The molecule has 8 heteroatoms. The number of amides is 2. The molecule has 2 N–H and O–H groups in total. The van der Waals surface area contributed by atoms with Crippen LogP contribution in [0.15, 0.2) is 46.4 Å². The summed E-state index contributed by atoms with van der Waals surface area (Å²) in [6.07, 6.45) is 2.35. The zero-order valence-corrected chi connectivity index (χ0v) is 16.0. The Morgan fingerprint density at radius 2 is 2.14 bits per heavy atom. The number of nitrogens with one attached hydrogen (secondary N) is 2. The molecule has 7 nitrogen and oxygen atoms in total. The SMILES string of the molecule is Cc1occc1C(=O)Nc1nc(CC(=O)NCC2Cc3ccccc3O2)cs1. The number of hydrogen-bond donors (Lipinski definition) is 2. The first-order chi connectivity index (χ1) is 13.6. The number of aromatic nitrogens is 1. The van der Waals surface area contributed by atoms with Crippen LogP contribution in [0.1, 0.15) is 27.4 Å². The van der Waals surface area contributed by atoms with Gasteiger partial charge in [0.2, 0.25) is 5.91 Å². The van der Waals surface area contributed by atoms with Gasteiger partial charge in [0.15, 0.2) is 5.13 Å². The number of carbonyl (C=O) groups excluding carboxylic acids is 2. The van der Waals surface area contributed by atoms with E-state index in [0.717, 1.165) is 17.7 Å². The number of anilines is 1. The molecule has 28 heavy (non-hydrogen) atoms. The lowest BCUT2D eigenvalue weighted by Gasteiger charge is -2.11. The van der Waals surface area contributed by atoms with E-state index in [0.29, 0.717) is 28.7 Å². The van der Waals surface area contributed by atoms with Crippen molar-refractivity contribution in [1.82, 2.24) is 10.3 Å². The molecule has 144 valence electrons. The second kappa shape index (κ2) is 7.85. The van der Waals surface area contributed by atoms with Crippen molar-refractivity contribution in [3.8, 4) is 5.75 Å². The Kier molecular flexibility index (Phi) is 5.12. The van der Waals surface area contributed by atoms with Gasteiger partial charge in [-0.2, -0.15) is 0 Å². The highest BCUT2D eigenvalue weighted by Gasteiger charge is 2.22. The molecule has 0 spiro atoms. The number of aryl methyl sites for hydroxylation is 1. The quantitative estimate of drug-likeness (QED) is 0.667. The van der Waals surface area contributed by atoms with Crippen molar-refractivity contribution >= 4 is 28.3 Å². The molecule has 0 fully saturated rings. The number of hydrogen-bond acceptors (Lipinski definition) is 6. The minimum absolute atomic E-state index is 0.0511. The highest BCUT2D eigenvalue weighted by atomic mass is 32.1. The molecule has 3 heterocycles. The smallest absolute Gasteiger partial charge is 0.260 e. The topological polar surface area (TPSA) is 93.5 Å². The standard InChI is InChI=1S/C20H19N3O4S/c1-12-16(6-7-26-12)19(25)23-20-22-14(11-28-20)9-18(24)21-10-15-8-13-4-2-3-5-17(13)27-15/h2-7,11,15H,8-10H2,1H3,(H,21,24)(H,22,23,25). The molecule has 2 amide bonds. The highest BCUT2D eigenvalue weighted by Crippen LogP contribution is 2.27. The maximum atomic E-state index is 12.2. The maximum absolute atomic E-state index is 12.2. The number of benzene rings is 1. The molecule has 0 aliphatic carbocycles. The molecule has 3 aromatic rings. The van der Waals surface area contributed by atoms with Gasteiger partial charge in [-0.1, -0.05) is 18.2 Å². The van der Waals surface area contributed by atoms with Gasteiger partial charge < -0.3 is 14.5 Å². The number of furan rings is 1. The molecule has 0 saturated heterocycles. The van der Waals surface area contributed by atoms with Gasteiger partial charge in [-0.05, 0) is 24.6 Å². The number of rotatable bonds is 6. The van der Waals surface area contributed by atoms with Crippen LogP contribution >= 0.6 is 11.3 Å². The number of ether oxygens (including phenoxy) is 1. The molecule has 0 radical (unpaired) electrons. The van der Waals surface area contributed by atoms with Gasteiger partial charge in [0.25, 0.3) is 5.91 Å². The van der Waals surface area contributed by atoms with E-state index in [2.05, 4.69) is 15.6 Å². The van der Waals surface area contributed by atoms with E-state index in [1.807, 2.05) is 24.3 Å². The fourth-order valence-electron chi connectivity index (χ4n) is 3.05. The minimum atomic E-state index is -0.283. The van der Waals surface area contributed by atoms with E-state index in [-0.39, 0.29) is 24.3 Å². The van der Waals surface area contributed by atoms with Gasteiger partial charge in [-0.3, -0.25) is 14.9 Å². The molecular formula is C20H19N3O4S. The molecular weight excluding hydrogens is 378 g/mol. The second-order valence-corrected chi connectivity index (χ2v) is 7.38. The van der Waals surface area contributed by atoms with E-state index >= 15 is 0 Å². The van der Waals surface area contributed by atoms with Crippen LogP contribution in [-0.4, -0.2) is 29.4 Å². The Bertz CT molecular complexity index is 985. The summed E-state index contributed by atoms with van der Waals surface area (Å²) in [6.45, 7) is 2.17. The van der Waals surface area contributed by atoms with Gasteiger partial charge >= 0.3 is 0 Å². The lowest BCUT2D eigenvalue weighted by atomic mass is 10.1. The van der Waals surface area contributed by atoms with Crippen LogP contribution in [-0.2, 0) is 17.6 Å². The Hall–Kier alpha value is -3.13. The third kappa shape index (κ3) is 4.07. The number of carbonyl (C=O) groups is 2. The largest absolute Gasteiger partial charge is 0.488 e. The average Bonchev–Trinajstić information content (AvgIpc) is 3.39. The molecule has 0 bridgehead atoms. The number of para-hydroxylation sites is 1. The monoisotopic (exact) mass is 397 g/mol. The zero-order valence-electron chi connectivity index (χ0n) is 15.2. The maximum Gasteiger partial charge on any atom is 0.260 e. The van der Waals surface area contributed by atoms with E-state index < -0.39 is 0 Å². The Morgan fingerprint density at radius 3 is 2.93 bits per heavy atom. The van der Waals surface area contributed by atoms with E-state index in [1.54, 1.807) is 18.4 Å². The summed E-state index contributed by atoms with van der Waals surface area (Å²) in [6, 6.07) is 9.50. The van der Waals surface area contributed by atoms with Crippen LogP contribution in [0, 0.1) is 6.92 Å². The molecule has 1 aliphatic heterocycles. The van der Waals surface area contributed by atoms with Crippen LogP contribution in [0.3, 0.4) is 0 Å². The van der Waals surface area contributed by atoms with Crippen molar-refractivity contribution < 1.29 is 18.7 Å². The molecule has 0 saturated carbocycles. The first-order valence-corrected chi connectivity index (χ1v) is 9.77. The van der Waals surface area contributed by atoms with Crippen molar-refractivity contribution in [3.63, 3.8) is 0 Å². The summed E-state index contributed by atoms with van der Waals surface area (Å²) in [7, 11) is 0. The Balaban J connectivity index is 1.25. The van der Waals surface area contributed by atoms with E-state index in [9.17, 15) is 9.59 Å². The minimum Gasteiger partial charge on any atom is -0.488 e. The fraction of sp³-hybridized carbons (Fsp3) is 0.250. The van der Waals surface area contributed by atoms with E-state index in [1.165, 1.54) is 17.6 Å². The average molecular weight is 397 g/mol. The molecule has 1 atom stereocenters. The Labute approximate surface area is 165 Å². The first-order valence-electron chi connectivity index (χ1n) is 8.89. The van der Waals surface area contributed by atoms with Crippen molar-refractivity contribution in [2.75, 3.05) is 11.9 Å². The third-order valence-corrected chi connectivity index (χ3v) is 5.26. The predicted octanol–water partition coefficient (Wildman–Crippen LogP) is 2.96. The van der Waals surface area contributed by atoms with Crippen LogP contribution in [0.5, 0.6) is 5.75 Å². The van der Waals surface area contributed by atoms with E-state index in [4.69, 9.17) is 9.15 Å².